The molecule has 1 aliphatic carbocycles. The topological polar surface area (TPSA) is 79.6 Å². The molecule has 1 saturated heterocycles. The molecular formula is C32H32N4O3S. The molecule has 2 aromatic heterocycles. The van der Waals surface area contributed by atoms with Crippen LogP contribution in [0.1, 0.15) is 70.8 Å². The number of hydrogen-bond acceptors (Lipinski definition) is 4. The zero-order valence-corrected chi connectivity index (χ0v) is 23.4. The first kappa shape index (κ1) is 26.1. The average Bonchev–Trinajstić information content (AvgIpc) is 3.67. The summed E-state index contributed by atoms with van der Waals surface area (Å²) in [7, 11) is 0. The highest BCUT2D eigenvalue weighted by molar-refractivity contribution is 7.80. The molecule has 204 valence electrons. The Labute approximate surface area is 239 Å². The fourth-order valence-corrected chi connectivity index (χ4v) is 6.44. The minimum atomic E-state index is -0.948. The lowest BCUT2D eigenvalue weighted by Crippen LogP contribution is -2.29. The summed E-state index contributed by atoms with van der Waals surface area (Å²) in [6.45, 7) is 4.11. The van der Waals surface area contributed by atoms with Crippen LogP contribution in [0.15, 0.2) is 79.0 Å². The highest BCUT2D eigenvalue weighted by Crippen LogP contribution is 2.44. The normalized spacial score (nSPS) is 19.1. The monoisotopic (exact) mass is 552 g/mol. The molecular weight excluding hydrogens is 520 g/mol. The van der Waals surface area contributed by atoms with Gasteiger partial charge in [-0.15, -0.1) is 0 Å². The number of carbonyl (C=O) groups is 1. The van der Waals surface area contributed by atoms with Gasteiger partial charge in [0.2, 0.25) is 0 Å². The van der Waals surface area contributed by atoms with Crippen molar-refractivity contribution in [2.75, 3.05) is 4.90 Å². The quantitative estimate of drug-likeness (QED) is 0.247. The van der Waals surface area contributed by atoms with Crippen molar-refractivity contribution in [1.82, 2.24) is 14.9 Å². The third-order valence-electron chi connectivity index (χ3n) is 7.96. The molecule has 0 amide bonds. The molecule has 2 aliphatic rings. The van der Waals surface area contributed by atoms with Gasteiger partial charge in [-0.3, -0.25) is 4.98 Å². The number of benzene rings is 2. The lowest BCUT2D eigenvalue weighted by Gasteiger charge is -2.28. The zero-order chi connectivity index (χ0) is 27.8. The molecule has 1 aliphatic heterocycles. The second-order valence-electron chi connectivity index (χ2n) is 10.5. The number of hydrogen-bond donors (Lipinski definition) is 2. The van der Waals surface area contributed by atoms with Crippen LogP contribution in [0.3, 0.4) is 0 Å². The Hall–Kier alpha value is -4.17. The van der Waals surface area contributed by atoms with Gasteiger partial charge in [0, 0.05) is 29.0 Å². The Bertz CT molecular complexity index is 1540. The van der Waals surface area contributed by atoms with Gasteiger partial charge in [0.1, 0.15) is 5.75 Å². The van der Waals surface area contributed by atoms with Crippen LogP contribution in [-0.2, 0) is 0 Å². The van der Waals surface area contributed by atoms with Crippen LogP contribution < -0.4 is 15.0 Å². The molecule has 40 heavy (non-hydrogen) atoms. The van der Waals surface area contributed by atoms with E-state index in [-0.39, 0.29) is 17.6 Å². The Morgan fingerprint density at radius 2 is 1.77 bits per heavy atom. The molecule has 0 spiro atoms. The molecule has 6 rings (SSSR count). The second kappa shape index (κ2) is 10.8. The highest BCUT2D eigenvalue weighted by Gasteiger charge is 2.42. The number of pyridine rings is 1. The van der Waals surface area contributed by atoms with Crippen molar-refractivity contribution in [3.05, 3.63) is 107 Å². The maximum Gasteiger partial charge on any atom is 0.335 e. The largest absolute Gasteiger partial charge is 0.490 e. The first-order chi connectivity index (χ1) is 19.4. The van der Waals surface area contributed by atoms with E-state index in [0.717, 1.165) is 52.6 Å². The van der Waals surface area contributed by atoms with Gasteiger partial charge in [-0.25, -0.2) is 4.79 Å². The SMILES string of the molecule is Cc1cc([C@@H]2[C@@H](c3ccccn3)NC(=S)N2c2ccc(OC3CCCC3)cc2)c(C)n1-c1cccc(C(=O)O)c1. The fraction of sp³-hybridized carbons (Fsp3) is 0.281. The van der Waals surface area contributed by atoms with Crippen molar-refractivity contribution in [3.63, 3.8) is 0 Å². The Balaban J connectivity index is 1.42. The van der Waals surface area contributed by atoms with Crippen molar-refractivity contribution in [3.8, 4) is 11.4 Å². The van der Waals surface area contributed by atoms with Crippen LogP contribution >= 0.6 is 12.2 Å². The van der Waals surface area contributed by atoms with Crippen molar-refractivity contribution < 1.29 is 14.6 Å². The number of carboxylic acid groups (broad SMARTS) is 1. The van der Waals surface area contributed by atoms with Crippen molar-refractivity contribution >= 4 is 29.0 Å². The van der Waals surface area contributed by atoms with E-state index in [2.05, 4.69) is 44.9 Å². The summed E-state index contributed by atoms with van der Waals surface area (Å²) >= 11 is 5.93. The number of nitrogens with one attached hydrogen (secondary N) is 1. The van der Waals surface area contributed by atoms with Crippen LogP contribution in [0, 0.1) is 13.8 Å². The van der Waals surface area contributed by atoms with E-state index in [4.69, 9.17) is 17.0 Å². The smallest absolute Gasteiger partial charge is 0.335 e. The molecule has 4 aromatic rings. The molecule has 8 heteroatoms. The minimum Gasteiger partial charge on any atom is -0.490 e. The number of carboxylic acids is 1. The molecule has 0 bridgehead atoms. The zero-order valence-electron chi connectivity index (χ0n) is 22.6. The predicted octanol–water partition coefficient (Wildman–Crippen LogP) is 6.69. The number of rotatable bonds is 7. The molecule has 0 unspecified atom stereocenters. The number of nitrogens with zero attached hydrogens (tertiary/aromatic N) is 3. The van der Waals surface area contributed by atoms with E-state index in [0.29, 0.717) is 11.2 Å². The lowest BCUT2D eigenvalue weighted by molar-refractivity contribution is 0.0697. The summed E-state index contributed by atoms with van der Waals surface area (Å²) in [6.07, 6.45) is 6.78. The van der Waals surface area contributed by atoms with Crippen molar-refractivity contribution in [1.29, 1.82) is 0 Å². The van der Waals surface area contributed by atoms with Crippen LogP contribution in [0.2, 0.25) is 0 Å². The van der Waals surface area contributed by atoms with Gasteiger partial charge in [-0.2, -0.15) is 0 Å². The average molecular weight is 553 g/mol. The first-order valence-electron chi connectivity index (χ1n) is 13.7. The second-order valence-corrected chi connectivity index (χ2v) is 10.9. The Kier molecular flexibility index (Phi) is 7.02. The standard InChI is InChI=1S/C32H32N4O3S/c1-20-18-27(21(2)35(20)24-9-7-8-22(19-24)31(37)38)30-29(28-12-5-6-17-33-28)34-32(40)36(30)23-13-15-26(16-14-23)39-25-10-3-4-11-25/h5-9,12-19,25,29-30H,3-4,10-11H2,1-2H3,(H,34,40)(H,37,38)/t29-,30-/m1/s1. The summed E-state index contributed by atoms with van der Waals surface area (Å²) in [5, 5.41) is 13.7. The number of anilines is 1. The number of thiocarbonyl (C=S) groups is 1. The number of aromatic carboxylic acids is 1. The van der Waals surface area contributed by atoms with Gasteiger partial charge in [0.25, 0.3) is 0 Å². The highest BCUT2D eigenvalue weighted by atomic mass is 32.1. The van der Waals surface area contributed by atoms with E-state index in [1.54, 1.807) is 24.4 Å². The molecule has 2 atom stereocenters. The van der Waals surface area contributed by atoms with Gasteiger partial charge in [0.15, 0.2) is 5.11 Å². The predicted molar refractivity (Wildman–Crippen MR) is 159 cm³/mol. The Morgan fingerprint density at radius 1 is 1.00 bits per heavy atom. The van der Waals surface area contributed by atoms with E-state index >= 15 is 0 Å². The van der Waals surface area contributed by atoms with Gasteiger partial charge >= 0.3 is 5.97 Å². The third-order valence-corrected chi connectivity index (χ3v) is 8.27. The fourth-order valence-electron chi connectivity index (χ4n) is 6.10. The first-order valence-corrected chi connectivity index (χ1v) is 14.1. The van der Waals surface area contributed by atoms with Gasteiger partial charge < -0.3 is 24.6 Å². The van der Waals surface area contributed by atoms with E-state index in [1.807, 2.05) is 43.3 Å². The molecule has 2 aromatic carbocycles. The van der Waals surface area contributed by atoms with Crippen molar-refractivity contribution in [2.24, 2.45) is 0 Å². The molecule has 2 N–H and O–H groups in total. The van der Waals surface area contributed by atoms with Crippen molar-refractivity contribution in [2.45, 2.75) is 57.7 Å². The maximum atomic E-state index is 11.7. The van der Waals surface area contributed by atoms with Crippen LogP contribution in [0.25, 0.3) is 5.69 Å². The number of aromatic nitrogens is 2. The number of ether oxygens (including phenoxy) is 1. The molecule has 1 saturated carbocycles. The van der Waals surface area contributed by atoms with Crippen LogP contribution in [-0.4, -0.2) is 31.8 Å². The van der Waals surface area contributed by atoms with E-state index in [1.165, 1.54) is 12.8 Å². The lowest BCUT2D eigenvalue weighted by atomic mass is 9.96. The third kappa shape index (κ3) is 4.84. The summed E-state index contributed by atoms with van der Waals surface area (Å²) < 4.78 is 8.32. The summed E-state index contributed by atoms with van der Waals surface area (Å²) in [6, 6.07) is 23.0. The van der Waals surface area contributed by atoms with Gasteiger partial charge in [-0.1, -0.05) is 12.1 Å². The number of aryl methyl sites for hydroxylation is 1. The van der Waals surface area contributed by atoms with E-state index < -0.39 is 5.97 Å². The minimum absolute atomic E-state index is 0.174. The summed E-state index contributed by atoms with van der Waals surface area (Å²) in [5.41, 5.74) is 6.05. The molecule has 2 fully saturated rings. The summed E-state index contributed by atoms with van der Waals surface area (Å²) in [5.74, 6) is -0.0698. The molecule has 3 heterocycles. The van der Waals surface area contributed by atoms with Crippen LogP contribution in [0.4, 0.5) is 5.69 Å². The van der Waals surface area contributed by atoms with E-state index in [9.17, 15) is 9.90 Å². The van der Waals surface area contributed by atoms with Gasteiger partial charge in [-0.05, 0) is 118 Å². The van der Waals surface area contributed by atoms with Gasteiger partial charge in [0.05, 0.1) is 29.4 Å². The Morgan fingerprint density at radius 3 is 2.48 bits per heavy atom. The molecule has 0 radical (unpaired) electrons. The molecule has 7 nitrogen and oxygen atoms in total. The summed E-state index contributed by atoms with van der Waals surface area (Å²) in [4.78, 5) is 18.5. The van der Waals surface area contributed by atoms with Crippen LogP contribution in [0.5, 0.6) is 5.75 Å². The maximum absolute atomic E-state index is 11.7.